The number of piperidine rings is 1. The van der Waals surface area contributed by atoms with E-state index < -0.39 is 0 Å². The van der Waals surface area contributed by atoms with Crippen LogP contribution in [-0.2, 0) is 7.05 Å². The maximum atomic E-state index is 6.26. The summed E-state index contributed by atoms with van der Waals surface area (Å²) in [5, 5.41) is 4.34. The summed E-state index contributed by atoms with van der Waals surface area (Å²) in [5.41, 5.74) is 2.02. The standard InChI is InChI=1S/C14H18ClN3/c1-9-6-7-16-12(8-9)14-17-11-5-3-4-10(15)13(11)18(14)2/h3-5,9,12,16H,6-8H2,1-2H3. The van der Waals surface area contributed by atoms with Crippen LogP contribution >= 0.6 is 11.6 Å². The van der Waals surface area contributed by atoms with E-state index in [0.717, 1.165) is 40.8 Å². The molecule has 3 nitrogen and oxygen atoms in total. The third-order valence-electron chi connectivity index (χ3n) is 3.86. The second-order valence-corrected chi connectivity index (χ2v) is 5.68. The molecule has 1 fully saturated rings. The summed E-state index contributed by atoms with van der Waals surface area (Å²) >= 11 is 6.26. The molecule has 2 atom stereocenters. The van der Waals surface area contributed by atoms with Gasteiger partial charge in [0.05, 0.1) is 22.1 Å². The van der Waals surface area contributed by atoms with E-state index in [9.17, 15) is 0 Å². The summed E-state index contributed by atoms with van der Waals surface area (Å²) in [7, 11) is 2.05. The lowest BCUT2D eigenvalue weighted by molar-refractivity contribution is 0.312. The van der Waals surface area contributed by atoms with Crippen molar-refractivity contribution in [2.75, 3.05) is 6.54 Å². The van der Waals surface area contributed by atoms with Gasteiger partial charge in [0.15, 0.2) is 0 Å². The van der Waals surface area contributed by atoms with Crippen molar-refractivity contribution in [2.24, 2.45) is 13.0 Å². The predicted octanol–water partition coefficient (Wildman–Crippen LogP) is 3.29. The molecule has 2 aromatic rings. The molecule has 1 aromatic carbocycles. The first-order valence-corrected chi connectivity index (χ1v) is 6.89. The largest absolute Gasteiger partial charge is 0.329 e. The van der Waals surface area contributed by atoms with Crippen molar-refractivity contribution in [3.63, 3.8) is 0 Å². The zero-order valence-corrected chi connectivity index (χ0v) is 11.5. The number of rotatable bonds is 1. The molecular weight excluding hydrogens is 246 g/mol. The highest BCUT2D eigenvalue weighted by Crippen LogP contribution is 2.30. The van der Waals surface area contributed by atoms with E-state index in [4.69, 9.17) is 16.6 Å². The van der Waals surface area contributed by atoms with Gasteiger partial charge in [-0.25, -0.2) is 4.98 Å². The van der Waals surface area contributed by atoms with Crippen LogP contribution in [0, 0.1) is 5.92 Å². The average Bonchev–Trinajstić information content (AvgIpc) is 2.68. The minimum absolute atomic E-state index is 0.349. The Balaban J connectivity index is 2.07. The summed E-state index contributed by atoms with van der Waals surface area (Å²) < 4.78 is 2.13. The monoisotopic (exact) mass is 263 g/mol. The molecule has 0 amide bonds. The molecule has 1 saturated heterocycles. The van der Waals surface area contributed by atoms with E-state index in [1.807, 2.05) is 18.2 Å². The molecule has 1 aliphatic heterocycles. The summed E-state index contributed by atoms with van der Waals surface area (Å²) in [6.45, 7) is 3.38. The van der Waals surface area contributed by atoms with Crippen molar-refractivity contribution in [1.82, 2.24) is 14.9 Å². The number of fused-ring (bicyclic) bond motifs is 1. The van der Waals surface area contributed by atoms with E-state index in [0.29, 0.717) is 6.04 Å². The van der Waals surface area contributed by atoms with Crippen LogP contribution in [0.1, 0.15) is 31.6 Å². The van der Waals surface area contributed by atoms with E-state index in [-0.39, 0.29) is 0 Å². The fourth-order valence-electron chi connectivity index (χ4n) is 2.86. The van der Waals surface area contributed by atoms with Crippen LogP contribution in [0.2, 0.25) is 5.02 Å². The van der Waals surface area contributed by atoms with Gasteiger partial charge in [-0.1, -0.05) is 24.6 Å². The molecule has 3 rings (SSSR count). The number of hydrogen-bond donors (Lipinski definition) is 1. The molecule has 18 heavy (non-hydrogen) atoms. The number of aryl methyl sites for hydroxylation is 1. The maximum Gasteiger partial charge on any atom is 0.126 e. The molecule has 0 aliphatic carbocycles. The van der Waals surface area contributed by atoms with Crippen molar-refractivity contribution < 1.29 is 0 Å². The van der Waals surface area contributed by atoms with E-state index in [2.05, 4.69) is 23.9 Å². The molecule has 1 aliphatic rings. The minimum atomic E-state index is 0.349. The highest BCUT2D eigenvalue weighted by molar-refractivity contribution is 6.35. The van der Waals surface area contributed by atoms with E-state index in [1.54, 1.807) is 0 Å². The Morgan fingerprint density at radius 1 is 1.44 bits per heavy atom. The minimum Gasteiger partial charge on any atom is -0.329 e. The Bertz CT molecular complexity index is 576. The van der Waals surface area contributed by atoms with Gasteiger partial charge in [0.25, 0.3) is 0 Å². The Hall–Kier alpha value is -1.06. The topological polar surface area (TPSA) is 29.9 Å². The van der Waals surface area contributed by atoms with Crippen molar-refractivity contribution in [3.8, 4) is 0 Å². The predicted molar refractivity (Wildman–Crippen MR) is 74.9 cm³/mol. The zero-order valence-electron chi connectivity index (χ0n) is 10.8. The number of para-hydroxylation sites is 1. The molecule has 2 unspecified atom stereocenters. The maximum absolute atomic E-state index is 6.26. The molecule has 1 N–H and O–H groups in total. The van der Waals surface area contributed by atoms with Crippen LogP contribution in [-0.4, -0.2) is 16.1 Å². The molecular formula is C14H18ClN3. The quantitative estimate of drug-likeness (QED) is 0.856. The first-order valence-electron chi connectivity index (χ1n) is 6.51. The Morgan fingerprint density at radius 3 is 3.00 bits per heavy atom. The molecule has 2 heterocycles. The highest BCUT2D eigenvalue weighted by atomic mass is 35.5. The van der Waals surface area contributed by atoms with Crippen LogP contribution in [0.15, 0.2) is 18.2 Å². The lowest BCUT2D eigenvalue weighted by Crippen LogP contribution is -2.32. The third kappa shape index (κ3) is 1.91. The normalized spacial score (nSPS) is 24.6. The lowest BCUT2D eigenvalue weighted by atomic mass is 9.94. The molecule has 0 radical (unpaired) electrons. The second kappa shape index (κ2) is 4.56. The highest BCUT2D eigenvalue weighted by Gasteiger charge is 2.24. The van der Waals surface area contributed by atoms with Gasteiger partial charge in [-0.05, 0) is 37.4 Å². The van der Waals surface area contributed by atoms with Gasteiger partial charge in [0.1, 0.15) is 5.82 Å². The van der Waals surface area contributed by atoms with E-state index >= 15 is 0 Å². The number of hydrogen-bond acceptors (Lipinski definition) is 2. The van der Waals surface area contributed by atoms with Crippen molar-refractivity contribution in [3.05, 3.63) is 29.0 Å². The first-order chi connectivity index (χ1) is 8.66. The van der Waals surface area contributed by atoms with Crippen molar-refractivity contribution in [2.45, 2.75) is 25.8 Å². The third-order valence-corrected chi connectivity index (χ3v) is 4.16. The molecule has 0 saturated carbocycles. The molecule has 0 bridgehead atoms. The van der Waals surface area contributed by atoms with Gasteiger partial charge in [0.2, 0.25) is 0 Å². The average molecular weight is 264 g/mol. The molecule has 0 spiro atoms. The first kappa shape index (κ1) is 12.0. The number of nitrogens with one attached hydrogen (secondary N) is 1. The molecule has 4 heteroatoms. The summed E-state index contributed by atoms with van der Waals surface area (Å²) in [5.74, 6) is 1.86. The summed E-state index contributed by atoms with van der Waals surface area (Å²) in [6.07, 6.45) is 2.40. The van der Waals surface area contributed by atoms with Gasteiger partial charge in [-0.2, -0.15) is 0 Å². The van der Waals surface area contributed by atoms with E-state index in [1.165, 1.54) is 6.42 Å². The fourth-order valence-corrected chi connectivity index (χ4v) is 3.15. The number of imidazole rings is 1. The molecule has 96 valence electrons. The van der Waals surface area contributed by atoms with Crippen LogP contribution < -0.4 is 5.32 Å². The molecule has 1 aromatic heterocycles. The Labute approximate surface area is 112 Å². The van der Waals surface area contributed by atoms with Crippen LogP contribution in [0.4, 0.5) is 0 Å². The van der Waals surface area contributed by atoms with Gasteiger partial charge < -0.3 is 9.88 Å². The van der Waals surface area contributed by atoms with Crippen LogP contribution in [0.25, 0.3) is 11.0 Å². The van der Waals surface area contributed by atoms with Crippen molar-refractivity contribution in [1.29, 1.82) is 0 Å². The Morgan fingerprint density at radius 2 is 2.28 bits per heavy atom. The van der Waals surface area contributed by atoms with Crippen LogP contribution in [0.3, 0.4) is 0 Å². The lowest BCUT2D eigenvalue weighted by Gasteiger charge is -2.27. The summed E-state index contributed by atoms with van der Waals surface area (Å²) in [4.78, 5) is 4.75. The smallest absolute Gasteiger partial charge is 0.126 e. The SMILES string of the molecule is CC1CCNC(c2nc3cccc(Cl)c3n2C)C1. The Kier molecular flexibility index (Phi) is 3.04. The van der Waals surface area contributed by atoms with Crippen LogP contribution in [0.5, 0.6) is 0 Å². The fraction of sp³-hybridized carbons (Fsp3) is 0.500. The number of halogens is 1. The number of nitrogens with zero attached hydrogens (tertiary/aromatic N) is 2. The summed E-state index contributed by atoms with van der Waals surface area (Å²) in [6, 6.07) is 6.25. The van der Waals surface area contributed by atoms with Gasteiger partial charge in [-0.15, -0.1) is 0 Å². The van der Waals surface area contributed by atoms with Gasteiger partial charge >= 0.3 is 0 Å². The second-order valence-electron chi connectivity index (χ2n) is 5.27. The number of aromatic nitrogens is 2. The van der Waals surface area contributed by atoms with Gasteiger partial charge in [0, 0.05) is 7.05 Å². The zero-order chi connectivity index (χ0) is 12.7. The number of benzene rings is 1. The van der Waals surface area contributed by atoms with Crippen molar-refractivity contribution >= 4 is 22.6 Å². The van der Waals surface area contributed by atoms with Gasteiger partial charge in [-0.3, -0.25) is 0 Å².